The molecule has 1 heterocycles. The van der Waals surface area contributed by atoms with Crippen LogP contribution in [-0.2, 0) is 4.74 Å². The maximum absolute atomic E-state index is 5.50. The third-order valence-electron chi connectivity index (χ3n) is 3.86. The summed E-state index contributed by atoms with van der Waals surface area (Å²) >= 11 is 2.01. The van der Waals surface area contributed by atoms with E-state index in [-0.39, 0.29) is 0 Å². The van der Waals surface area contributed by atoms with Crippen molar-refractivity contribution < 1.29 is 4.74 Å². The summed E-state index contributed by atoms with van der Waals surface area (Å²) in [6, 6.07) is 0. The summed E-state index contributed by atoms with van der Waals surface area (Å²) in [5.41, 5.74) is 0. The second kappa shape index (κ2) is 7.57. The van der Waals surface area contributed by atoms with Crippen LogP contribution >= 0.6 is 11.8 Å². The van der Waals surface area contributed by atoms with Gasteiger partial charge >= 0.3 is 0 Å². The second-order valence-corrected chi connectivity index (χ2v) is 6.08. The molecule has 16 heavy (non-hydrogen) atoms. The molecule has 1 rings (SSSR count). The minimum Gasteiger partial charge on any atom is -0.381 e. The number of thioether (sulfide) groups is 1. The first-order valence-corrected chi connectivity index (χ1v) is 7.82. The van der Waals surface area contributed by atoms with Gasteiger partial charge in [-0.2, -0.15) is 11.8 Å². The van der Waals surface area contributed by atoms with Gasteiger partial charge < -0.3 is 10.1 Å². The highest BCUT2D eigenvalue weighted by Gasteiger charge is 2.24. The molecule has 0 radical (unpaired) electrons. The number of ether oxygens (including phenoxy) is 1. The van der Waals surface area contributed by atoms with Gasteiger partial charge in [0, 0.05) is 24.4 Å². The lowest BCUT2D eigenvalue weighted by molar-refractivity contribution is 0.0546. The van der Waals surface area contributed by atoms with Crippen LogP contribution in [0, 0.1) is 5.92 Å². The first-order valence-electron chi connectivity index (χ1n) is 6.60. The Kier molecular flexibility index (Phi) is 6.78. The van der Waals surface area contributed by atoms with Crippen LogP contribution < -0.4 is 5.32 Å². The molecule has 96 valence electrons. The first-order chi connectivity index (χ1) is 7.76. The highest BCUT2D eigenvalue weighted by molar-refractivity contribution is 8.00. The van der Waals surface area contributed by atoms with E-state index in [0.717, 1.165) is 32.2 Å². The Morgan fingerprint density at radius 3 is 2.62 bits per heavy atom. The average molecular weight is 245 g/mol. The smallest absolute Gasteiger partial charge is 0.0506 e. The van der Waals surface area contributed by atoms with Gasteiger partial charge in [-0.15, -0.1) is 0 Å². The van der Waals surface area contributed by atoms with Crippen LogP contribution in [0.5, 0.6) is 0 Å². The van der Waals surface area contributed by atoms with Crippen LogP contribution in [0.2, 0.25) is 0 Å². The van der Waals surface area contributed by atoms with Gasteiger partial charge in [-0.3, -0.25) is 0 Å². The summed E-state index contributed by atoms with van der Waals surface area (Å²) < 4.78 is 5.94. The monoisotopic (exact) mass is 245 g/mol. The van der Waals surface area contributed by atoms with Gasteiger partial charge in [0.2, 0.25) is 0 Å². The standard InChI is InChI=1S/C13H27NOS/c1-4-13(5-2,16-3)11-14-9-12-7-6-8-15-10-12/h12,14H,4-11H2,1-3H3. The molecule has 0 spiro atoms. The minimum atomic E-state index is 0.440. The number of rotatable bonds is 7. The van der Waals surface area contributed by atoms with Crippen LogP contribution in [0.4, 0.5) is 0 Å². The van der Waals surface area contributed by atoms with Crippen molar-refractivity contribution in [2.75, 3.05) is 32.6 Å². The van der Waals surface area contributed by atoms with Crippen molar-refractivity contribution in [2.24, 2.45) is 5.92 Å². The van der Waals surface area contributed by atoms with Crippen molar-refractivity contribution in [1.29, 1.82) is 0 Å². The van der Waals surface area contributed by atoms with Crippen LogP contribution in [0.1, 0.15) is 39.5 Å². The van der Waals surface area contributed by atoms with Crippen molar-refractivity contribution in [2.45, 2.75) is 44.3 Å². The van der Waals surface area contributed by atoms with Crippen LogP contribution in [-0.4, -0.2) is 37.3 Å². The second-order valence-electron chi connectivity index (χ2n) is 4.81. The maximum Gasteiger partial charge on any atom is 0.0506 e. The van der Waals surface area contributed by atoms with Crippen LogP contribution in [0.25, 0.3) is 0 Å². The molecule has 2 nitrogen and oxygen atoms in total. The number of hydrogen-bond donors (Lipinski definition) is 1. The molecule has 1 unspecified atom stereocenters. The van der Waals surface area contributed by atoms with Crippen LogP contribution in [0.15, 0.2) is 0 Å². The zero-order chi connectivity index (χ0) is 11.9. The Morgan fingerprint density at radius 1 is 1.38 bits per heavy atom. The van der Waals surface area contributed by atoms with Gasteiger partial charge in [-0.25, -0.2) is 0 Å². The maximum atomic E-state index is 5.50. The Hall–Kier alpha value is 0.270. The molecule has 0 amide bonds. The summed E-state index contributed by atoms with van der Waals surface area (Å²) in [5.74, 6) is 0.738. The van der Waals surface area contributed by atoms with E-state index in [9.17, 15) is 0 Å². The quantitative estimate of drug-likeness (QED) is 0.745. The molecule has 3 heteroatoms. The average Bonchev–Trinajstić information content (AvgIpc) is 2.37. The van der Waals surface area contributed by atoms with Crippen LogP contribution in [0.3, 0.4) is 0 Å². The minimum absolute atomic E-state index is 0.440. The normalized spacial score (nSPS) is 22.3. The van der Waals surface area contributed by atoms with E-state index in [1.54, 1.807) is 0 Å². The van der Waals surface area contributed by atoms with Crippen molar-refractivity contribution in [3.8, 4) is 0 Å². The Labute approximate surface area is 105 Å². The van der Waals surface area contributed by atoms with E-state index in [4.69, 9.17) is 4.74 Å². The SMILES string of the molecule is CCC(CC)(CNCC1CCCOC1)SC. The fourth-order valence-corrected chi connectivity index (χ4v) is 3.16. The van der Waals surface area contributed by atoms with E-state index in [2.05, 4.69) is 25.4 Å². The molecule has 0 aromatic heterocycles. The Morgan fingerprint density at radius 2 is 2.12 bits per heavy atom. The van der Waals surface area contributed by atoms with E-state index in [1.165, 1.54) is 25.7 Å². The first kappa shape index (κ1) is 14.3. The van der Waals surface area contributed by atoms with Gasteiger partial charge in [-0.05, 0) is 37.9 Å². The van der Waals surface area contributed by atoms with Gasteiger partial charge in [-0.1, -0.05) is 13.8 Å². The van der Waals surface area contributed by atoms with Gasteiger partial charge in [0.25, 0.3) is 0 Å². The fourth-order valence-electron chi connectivity index (χ4n) is 2.33. The largest absolute Gasteiger partial charge is 0.381 e. The highest BCUT2D eigenvalue weighted by Crippen LogP contribution is 2.29. The molecule has 0 aromatic carbocycles. The molecule has 1 aliphatic heterocycles. The summed E-state index contributed by atoms with van der Waals surface area (Å²) in [6.07, 6.45) is 7.30. The summed E-state index contributed by atoms with van der Waals surface area (Å²) in [6.45, 7) is 8.78. The number of hydrogen-bond acceptors (Lipinski definition) is 3. The molecule has 0 saturated carbocycles. The Bertz CT molecular complexity index is 169. The van der Waals surface area contributed by atoms with Gasteiger partial charge in [0.15, 0.2) is 0 Å². The molecule has 1 aliphatic rings. The molecule has 1 N–H and O–H groups in total. The lowest BCUT2D eigenvalue weighted by atomic mass is 10.00. The fraction of sp³-hybridized carbons (Fsp3) is 1.00. The van der Waals surface area contributed by atoms with E-state index in [0.29, 0.717) is 4.75 Å². The summed E-state index contributed by atoms with van der Waals surface area (Å²) in [7, 11) is 0. The summed E-state index contributed by atoms with van der Waals surface area (Å²) in [4.78, 5) is 0. The van der Waals surface area contributed by atoms with Gasteiger partial charge in [0.1, 0.15) is 0 Å². The Balaban J connectivity index is 2.21. The van der Waals surface area contributed by atoms with Crippen molar-refractivity contribution in [1.82, 2.24) is 5.32 Å². The lowest BCUT2D eigenvalue weighted by Crippen LogP contribution is -2.40. The van der Waals surface area contributed by atoms with Crippen molar-refractivity contribution >= 4 is 11.8 Å². The third-order valence-corrected chi connectivity index (χ3v) is 5.44. The summed E-state index contributed by atoms with van der Waals surface area (Å²) in [5, 5.41) is 3.65. The van der Waals surface area contributed by atoms with Crippen molar-refractivity contribution in [3.63, 3.8) is 0 Å². The van der Waals surface area contributed by atoms with Gasteiger partial charge in [0.05, 0.1) is 6.61 Å². The van der Waals surface area contributed by atoms with E-state index < -0.39 is 0 Å². The molecule has 1 saturated heterocycles. The molecule has 1 atom stereocenters. The van der Waals surface area contributed by atoms with E-state index >= 15 is 0 Å². The predicted molar refractivity (Wildman–Crippen MR) is 73.2 cm³/mol. The lowest BCUT2D eigenvalue weighted by Gasteiger charge is -2.31. The molecule has 1 fully saturated rings. The topological polar surface area (TPSA) is 21.3 Å². The zero-order valence-corrected chi connectivity index (χ0v) is 11.9. The molecular formula is C13H27NOS. The number of nitrogens with one attached hydrogen (secondary N) is 1. The third kappa shape index (κ3) is 4.27. The molecular weight excluding hydrogens is 218 g/mol. The molecule has 0 aliphatic carbocycles. The highest BCUT2D eigenvalue weighted by atomic mass is 32.2. The zero-order valence-electron chi connectivity index (χ0n) is 11.1. The van der Waals surface area contributed by atoms with Crippen molar-refractivity contribution in [3.05, 3.63) is 0 Å². The molecule has 0 bridgehead atoms. The molecule has 0 aromatic rings. The predicted octanol–water partition coefficient (Wildman–Crippen LogP) is 2.92. The van der Waals surface area contributed by atoms with E-state index in [1.807, 2.05) is 11.8 Å².